The molecule has 152 valence electrons. The summed E-state index contributed by atoms with van der Waals surface area (Å²) in [5.41, 5.74) is 8.04. The van der Waals surface area contributed by atoms with Crippen LogP contribution in [0.15, 0.2) is 48.5 Å². The van der Waals surface area contributed by atoms with Gasteiger partial charge in [0.1, 0.15) is 5.82 Å². The Morgan fingerprint density at radius 1 is 1.10 bits per heavy atom. The summed E-state index contributed by atoms with van der Waals surface area (Å²) in [6, 6.07) is 13.8. The molecule has 3 N–H and O–H groups in total. The predicted molar refractivity (Wildman–Crippen MR) is 113 cm³/mol. The molecule has 0 spiro atoms. The highest BCUT2D eigenvalue weighted by Crippen LogP contribution is 2.25. The van der Waals surface area contributed by atoms with E-state index in [1.54, 1.807) is 17.0 Å². The summed E-state index contributed by atoms with van der Waals surface area (Å²) in [4.78, 5) is 26.4. The molecule has 1 atom stereocenters. The molecular formula is C21H23FN4O2S. The molecule has 8 heteroatoms. The molecule has 2 aromatic carbocycles. The normalized spacial score (nSPS) is 15.9. The number of hydrogen-bond donors (Lipinski definition) is 3. The van der Waals surface area contributed by atoms with Crippen molar-refractivity contribution < 1.29 is 14.0 Å². The average Bonchev–Trinajstić information content (AvgIpc) is 3.13. The van der Waals surface area contributed by atoms with Crippen LogP contribution in [-0.4, -0.2) is 23.5 Å². The highest BCUT2D eigenvalue weighted by atomic mass is 32.1. The predicted octanol–water partition coefficient (Wildman–Crippen LogP) is 2.44. The Morgan fingerprint density at radius 2 is 1.76 bits per heavy atom. The molecule has 1 heterocycles. The van der Waals surface area contributed by atoms with Crippen LogP contribution < -0.4 is 21.1 Å². The molecule has 1 saturated heterocycles. The maximum Gasteiger partial charge on any atom is 0.243 e. The van der Waals surface area contributed by atoms with Crippen LogP contribution in [0.1, 0.15) is 24.5 Å². The van der Waals surface area contributed by atoms with Crippen LogP contribution in [0.4, 0.5) is 10.1 Å². The number of hydrogen-bond acceptors (Lipinski definition) is 3. The molecule has 1 aliphatic rings. The molecule has 0 unspecified atom stereocenters. The average molecular weight is 415 g/mol. The molecule has 2 aromatic rings. The number of aryl methyl sites for hydroxylation is 1. The van der Waals surface area contributed by atoms with Gasteiger partial charge in [-0.2, -0.15) is 0 Å². The van der Waals surface area contributed by atoms with Crippen molar-refractivity contribution in [3.05, 3.63) is 65.5 Å². The van der Waals surface area contributed by atoms with Crippen molar-refractivity contribution >= 4 is 34.8 Å². The smallest absolute Gasteiger partial charge is 0.243 e. The van der Waals surface area contributed by atoms with Gasteiger partial charge in [0.2, 0.25) is 11.8 Å². The zero-order valence-corrected chi connectivity index (χ0v) is 16.9. The first-order valence-electron chi connectivity index (χ1n) is 9.43. The minimum absolute atomic E-state index is 0.0774. The molecule has 0 aliphatic carbocycles. The van der Waals surface area contributed by atoms with Gasteiger partial charge >= 0.3 is 0 Å². The second-order valence-electron chi connectivity index (χ2n) is 6.85. The highest BCUT2D eigenvalue weighted by Gasteiger charge is 2.35. The molecule has 0 bridgehead atoms. The van der Waals surface area contributed by atoms with Gasteiger partial charge in [0.15, 0.2) is 5.11 Å². The molecule has 3 rings (SSSR count). The Hall–Kier alpha value is -3.00. The summed E-state index contributed by atoms with van der Waals surface area (Å²) in [6.07, 6.45) is 1.08. The van der Waals surface area contributed by atoms with Crippen LogP contribution in [0.5, 0.6) is 0 Å². The van der Waals surface area contributed by atoms with E-state index in [2.05, 4.69) is 23.1 Å². The van der Waals surface area contributed by atoms with E-state index in [1.807, 2.05) is 24.3 Å². The fourth-order valence-corrected chi connectivity index (χ4v) is 3.22. The van der Waals surface area contributed by atoms with E-state index in [1.165, 1.54) is 17.7 Å². The Kier molecular flexibility index (Phi) is 6.77. The first-order valence-corrected chi connectivity index (χ1v) is 9.84. The maximum absolute atomic E-state index is 12.9. The lowest BCUT2D eigenvalue weighted by Gasteiger charge is -2.17. The summed E-state index contributed by atoms with van der Waals surface area (Å²) < 4.78 is 12.9. The number of thiocarbonyl (C=S) groups is 1. The van der Waals surface area contributed by atoms with Gasteiger partial charge in [0.05, 0.1) is 5.92 Å². The lowest BCUT2D eigenvalue weighted by atomic mass is 10.1. The van der Waals surface area contributed by atoms with Crippen LogP contribution >= 0.6 is 12.2 Å². The van der Waals surface area contributed by atoms with Gasteiger partial charge in [-0.25, -0.2) is 4.39 Å². The van der Waals surface area contributed by atoms with Gasteiger partial charge in [-0.15, -0.1) is 0 Å². The van der Waals surface area contributed by atoms with Crippen molar-refractivity contribution in [2.75, 3.05) is 11.4 Å². The zero-order valence-electron chi connectivity index (χ0n) is 16.1. The molecule has 29 heavy (non-hydrogen) atoms. The second kappa shape index (κ2) is 9.47. The minimum atomic E-state index is -0.458. The van der Waals surface area contributed by atoms with Gasteiger partial charge in [0.25, 0.3) is 0 Å². The zero-order chi connectivity index (χ0) is 20.8. The van der Waals surface area contributed by atoms with Crippen LogP contribution in [0.3, 0.4) is 0 Å². The number of benzene rings is 2. The van der Waals surface area contributed by atoms with E-state index < -0.39 is 5.92 Å². The lowest BCUT2D eigenvalue weighted by molar-refractivity contribution is -0.126. The third-order valence-corrected chi connectivity index (χ3v) is 5.06. The van der Waals surface area contributed by atoms with Crippen molar-refractivity contribution in [3.8, 4) is 0 Å². The number of nitrogens with one attached hydrogen (secondary N) is 3. The molecule has 0 aromatic heterocycles. The Bertz CT molecular complexity index is 887. The van der Waals surface area contributed by atoms with Crippen molar-refractivity contribution in [1.82, 2.24) is 16.2 Å². The van der Waals surface area contributed by atoms with Crippen LogP contribution in [0.2, 0.25) is 0 Å². The summed E-state index contributed by atoms with van der Waals surface area (Å²) in [6.45, 7) is 2.79. The Morgan fingerprint density at radius 3 is 2.41 bits per heavy atom. The van der Waals surface area contributed by atoms with E-state index in [0.29, 0.717) is 13.1 Å². The van der Waals surface area contributed by atoms with Crippen molar-refractivity contribution in [2.45, 2.75) is 26.3 Å². The number of halogens is 1. The van der Waals surface area contributed by atoms with E-state index >= 15 is 0 Å². The third kappa shape index (κ3) is 5.51. The van der Waals surface area contributed by atoms with E-state index in [-0.39, 0.29) is 29.2 Å². The van der Waals surface area contributed by atoms with Crippen LogP contribution in [-0.2, 0) is 22.6 Å². The number of carbonyl (C=O) groups is 2. The topological polar surface area (TPSA) is 73.5 Å². The molecule has 1 fully saturated rings. The van der Waals surface area contributed by atoms with Gasteiger partial charge < -0.3 is 10.2 Å². The molecule has 1 aliphatic heterocycles. The summed E-state index contributed by atoms with van der Waals surface area (Å²) in [7, 11) is 0. The van der Waals surface area contributed by atoms with E-state index in [4.69, 9.17) is 12.2 Å². The van der Waals surface area contributed by atoms with Crippen LogP contribution in [0.25, 0.3) is 0 Å². The molecular weight excluding hydrogens is 391 g/mol. The van der Waals surface area contributed by atoms with Crippen molar-refractivity contribution in [2.24, 2.45) is 5.92 Å². The van der Waals surface area contributed by atoms with Gasteiger partial charge in [0, 0.05) is 25.2 Å². The highest BCUT2D eigenvalue weighted by molar-refractivity contribution is 7.80. The Balaban J connectivity index is 1.46. The summed E-state index contributed by atoms with van der Waals surface area (Å²) >= 11 is 5.13. The van der Waals surface area contributed by atoms with Gasteiger partial charge in [-0.1, -0.05) is 31.2 Å². The van der Waals surface area contributed by atoms with E-state index in [0.717, 1.165) is 17.7 Å². The number of nitrogens with zero attached hydrogens (tertiary/aromatic N) is 1. The SMILES string of the molecule is CCc1ccc(N2C[C@@H](C(=O)NNC(=S)NCc3ccc(F)cc3)CC2=O)cc1. The summed E-state index contributed by atoms with van der Waals surface area (Å²) in [5.74, 6) is -1.13. The first kappa shape index (κ1) is 20.7. The quantitative estimate of drug-likeness (QED) is 0.518. The van der Waals surface area contributed by atoms with Gasteiger partial charge in [-0.3, -0.25) is 20.4 Å². The van der Waals surface area contributed by atoms with Crippen molar-refractivity contribution in [3.63, 3.8) is 0 Å². The molecule has 6 nitrogen and oxygen atoms in total. The van der Waals surface area contributed by atoms with Crippen molar-refractivity contribution in [1.29, 1.82) is 0 Å². The minimum Gasteiger partial charge on any atom is -0.357 e. The van der Waals surface area contributed by atoms with E-state index in [9.17, 15) is 14.0 Å². The summed E-state index contributed by atoms with van der Waals surface area (Å²) in [5, 5.41) is 3.16. The fraction of sp³-hybridized carbons (Fsp3) is 0.286. The largest absolute Gasteiger partial charge is 0.357 e. The van der Waals surface area contributed by atoms with Crippen LogP contribution in [0, 0.1) is 11.7 Å². The third-order valence-electron chi connectivity index (χ3n) is 4.82. The number of amides is 2. The Labute approximate surface area is 174 Å². The lowest BCUT2D eigenvalue weighted by Crippen LogP contribution is -2.48. The number of carbonyl (C=O) groups excluding carboxylic acids is 2. The fourth-order valence-electron chi connectivity index (χ4n) is 3.09. The standard InChI is InChI=1S/C21H23FN4O2S/c1-2-14-5-9-18(10-6-14)26-13-16(11-19(26)27)20(28)24-25-21(29)23-12-15-3-7-17(22)8-4-15/h3-10,16H,2,11-13H2,1H3,(H,24,28)(H2,23,25,29)/t16-/m0/s1. The first-order chi connectivity index (χ1) is 14.0. The maximum atomic E-state index is 12.9. The second-order valence-corrected chi connectivity index (χ2v) is 7.26. The van der Waals surface area contributed by atoms with Gasteiger partial charge in [-0.05, 0) is 54.0 Å². The molecule has 0 radical (unpaired) electrons. The molecule has 0 saturated carbocycles. The number of anilines is 1. The number of rotatable bonds is 5. The monoisotopic (exact) mass is 414 g/mol. The molecule has 2 amide bonds. The number of hydrazine groups is 1.